The van der Waals surface area contributed by atoms with Crippen LogP contribution in [-0.2, 0) is 19.0 Å². The molecular formula is C25H32N4O5. The number of rotatable bonds is 3. The minimum atomic E-state index is -0.377. The van der Waals surface area contributed by atoms with E-state index >= 15 is 0 Å². The minimum Gasteiger partial charge on any atom is -0.446 e. The zero-order chi connectivity index (χ0) is 23.7. The van der Waals surface area contributed by atoms with Crippen molar-refractivity contribution in [3.63, 3.8) is 0 Å². The van der Waals surface area contributed by atoms with E-state index in [0.29, 0.717) is 44.3 Å². The normalized spacial score (nSPS) is 21.9. The molecule has 1 unspecified atom stereocenters. The molecule has 1 aromatic carbocycles. The Bertz CT molecular complexity index is 1040. The number of aromatic nitrogens is 2. The zero-order valence-electron chi connectivity index (χ0n) is 19.8. The van der Waals surface area contributed by atoms with Gasteiger partial charge in [-0.05, 0) is 37.5 Å². The van der Waals surface area contributed by atoms with Crippen LogP contribution in [0.4, 0.5) is 16.2 Å². The summed E-state index contributed by atoms with van der Waals surface area (Å²) in [4.78, 5) is 29.1. The molecule has 2 aromatic rings. The Morgan fingerprint density at radius 2 is 1.71 bits per heavy atom. The van der Waals surface area contributed by atoms with Crippen molar-refractivity contribution >= 4 is 23.4 Å². The number of nitrogens with zero attached hydrogens (tertiary/aromatic N) is 4. The molecule has 0 bridgehead atoms. The van der Waals surface area contributed by atoms with E-state index in [1.54, 1.807) is 16.7 Å². The van der Waals surface area contributed by atoms with Crippen molar-refractivity contribution in [3.05, 3.63) is 30.6 Å². The molecule has 9 nitrogen and oxygen atoms in total. The molecule has 1 aromatic heterocycles. The molecule has 0 spiro atoms. The molecule has 0 N–H and O–H groups in total. The van der Waals surface area contributed by atoms with E-state index in [0.717, 1.165) is 42.9 Å². The molecule has 2 saturated heterocycles. The van der Waals surface area contributed by atoms with Crippen LogP contribution in [-0.4, -0.2) is 66.9 Å². The maximum absolute atomic E-state index is 13.2. The van der Waals surface area contributed by atoms with Crippen LogP contribution in [0, 0.1) is 0 Å². The Hall–Kier alpha value is -2.91. The molecule has 2 fully saturated rings. The number of ether oxygens (including phenoxy) is 3. The number of carbonyl (C=O) groups is 2. The molecule has 3 aliphatic rings. The highest BCUT2D eigenvalue weighted by Crippen LogP contribution is 2.39. The smallest absolute Gasteiger partial charge is 0.414 e. The van der Waals surface area contributed by atoms with E-state index in [4.69, 9.17) is 14.2 Å². The van der Waals surface area contributed by atoms with Crippen LogP contribution in [0.1, 0.15) is 45.6 Å². The van der Waals surface area contributed by atoms with Gasteiger partial charge in [0, 0.05) is 51.3 Å². The van der Waals surface area contributed by atoms with E-state index < -0.39 is 0 Å². The monoisotopic (exact) mass is 468 g/mol. The first-order valence-corrected chi connectivity index (χ1v) is 12.1. The van der Waals surface area contributed by atoms with Crippen LogP contribution in [0.2, 0.25) is 0 Å². The van der Waals surface area contributed by atoms with Gasteiger partial charge in [0.25, 0.3) is 0 Å². The van der Waals surface area contributed by atoms with Gasteiger partial charge in [-0.2, -0.15) is 5.10 Å². The summed E-state index contributed by atoms with van der Waals surface area (Å²) in [5.41, 5.74) is 3.32. The second-order valence-corrected chi connectivity index (χ2v) is 9.30. The number of hydrogen-bond donors (Lipinski definition) is 0. The second kappa shape index (κ2) is 9.76. The predicted octanol–water partition coefficient (Wildman–Crippen LogP) is 3.78. The van der Waals surface area contributed by atoms with Crippen LogP contribution in [0.3, 0.4) is 0 Å². The summed E-state index contributed by atoms with van der Waals surface area (Å²) in [6.07, 6.45) is 6.68. The van der Waals surface area contributed by atoms with Crippen molar-refractivity contribution in [3.8, 4) is 11.1 Å². The zero-order valence-corrected chi connectivity index (χ0v) is 19.8. The van der Waals surface area contributed by atoms with Crippen molar-refractivity contribution in [2.45, 2.75) is 57.7 Å². The van der Waals surface area contributed by atoms with E-state index in [9.17, 15) is 9.59 Å². The van der Waals surface area contributed by atoms with Gasteiger partial charge in [-0.15, -0.1) is 0 Å². The summed E-state index contributed by atoms with van der Waals surface area (Å²) >= 11 is 0. The van der Waals surface area contributed by atoms with Crippen molar-refractivity contribution in [1.82, 2.24) is 9.78 Å². The van der Waals surface area contributed by atoms with Crippen molar-refractivity contribution < 1.29 is 23.8 Å². The average Bonchev–Trinajstić information content (AvgIpc) is 3.34. The molecule has 1 atom stereocenters. The first kappa shape index (κ1) is 22.9. The van der Waals surface area contributed by atoms with Crippen LogP contribution >= 0.6 is 0 Å². The summed E-state index contributed by atoms with van der Waals surface area (Å²) in [6.45, 7) is 6.59. The fraction of sp³-hybridized carbons (Fsp3) is 0.560. The SMILES string of the molecule is CC(=O)N1c2ccc(-c3cnn(C4CCOCC4)c3)cc2N(C(=O)OC2CCOCC2)CC1C. The van der Waals surface area contributed by atoms with Gasteiger partial charge in [-0.3, -0.25) is 14.4 Å². The van der Waals surface area contributed by atoms with E-state index in [-0.39, 0.29) is 24.1 Å². The molecule has 3 aliphatic heterocycles. The van der Waals surface area contributed by atoms with Gasteiger partial charge in [-0.25, -0.2) is 4.79 Å². The van der Waals surface area contributed by atoms with Gasteiger partial charge < -0.3 is 19.1 Å². The lowest BCUT2D eigenvalue weighted by atomic mass is 10.0. The van der Waals surface area contributed by atoms with Crippen LogP contribution in [0.5, 0.6) is 0 Å². The molecular weight excluding hydrogens is 436 g/mol. The fourth-order valence-corrected chi connectivity index (χ4v) is 5.09. The minimum absolute atomic E-state index is 0.0497. The van der Waals surface area contributed by atoms with Gasteiger partial charge in [-0.1, -0.05) is 6.07 Å². The number of carbonyl (C=O) groups excluding carboxylic acids is 2. The Morgan fingerprint density at radius 3 is 2.41 bits per heavy atom. The number of fused-ring (bicyclic) bond motifs is 1. The topological polar surface area (TPSA) is 86.1 Å². The van der Waals surface area contributed by atoms with Gasteiger partial charge >= 0.3 is 6.09 Å². The van der Waals surface area contributed by atoms with Crippen LogP contribution < -0.4 is 9.80 Å². The number of hydrogen-bond acceptors (Lipinski definition) is 6. The highest BCUT2D eigenvalue weighted by atomic mass is 16.6. The van der Waals surface area contributed by atoms with E-state index in [2.05, 4.69) is 11.3 Å². The fourth-order valence-electron chi connectivity index (χ4n) is 5.09. The molecule has 2 amide bonds. The standard InChI is InChI=1S/C25H32N4O5/c1-17-15-27(25(31)34-22-7-11-33-12-8-22)24-13-19(3-4-23(24)29(17)18(2)30)20-14-26-28(16-20)21-5-9-32-10-6-21/h3-4,13-14,16-17,21-22H,5-12,15H2,1-2H3. The maximum Gasteiger partial charge on any atom is 0.414 e. The first-order chi connectivity index (χ1) is 16.5. The summed E-state index contributed by atoms with van der Waals surface area (Å²) in [5.74, 6) is -0.0497. The van der Waals surface area contributed by atoms with Gasteiger partial charge in [0.15, 0.2) is 0 Å². The third-order valence-corrected chi connectivity index (χ3v) is 6.91. The molecule has 34 heavy (non-hydrogen) atoms. The second-order valence-electron chi connectivity index (χ2n) is 9.30. The largest absolute Gasteiger partial charge is 0.446 e. The number of anilines is 2. The Balaban J connectivity index is 1.45. The lowest BCUT2D eigenvalue weighted by molar-refractivity contribution is -0.117. The van der Waals surface area contributed by atoms with E-state index in [1.807, 2.05) is 36.0 Å². The Morgan fingerprint density at radius 1 is 1.00 bits per heavy atom. The maximum atomic E-state index is 13.2. The lowest BCUT2D eigenvalue weighted by Crippen LogP contribution is -2.52. The van der Waals surface area contributed by atoms with Gasteiger partial charge in [0.2, 0.25) is 5.91 Å². The highest BCUT2D eigenvalue weighted by molar-refractivity contribution is 6.03. The van der Waals surface area contributed by atoms with Gasteiger partial charge in [0.05, 0.1) is 42.9 Å². The Kier molecular flexibility index (Phi) is 6.56. The molecule has 5 rings (SSSR count). The predicted molar refractivity (Wildman–Crippen MR) is 127 cm³/mol. The summed E-state index contributed by atoms with van der Waals surface area (Å²) in [7, 11) is 0. The summed E-state index contributed by atoms with van der Waals surface area (Å²) in [6, 6.07) is 6.05. The van der Waals surface area contributed by atoms with Crippen LogP contribution in [0.25, 0.3) is 11.1 Å². The molecule has 0 radical (unpaired) electrons. The van der Waals surface area contributed by atoms with Crippen molar-refractivity contribution in [2.75, 3.05) is 42.8 Å². The van der Waals surface area contributed by atoms with Crippen molar-refractivity contribution in [1.29, 1.82) is 0 Å². The van der Waals surface area contributed by atoms with E-state index in [1.165, 1.54) is 0 Å². The number of amides is 2. The number of benzene rings is 1. The quantitative estimate of drug-likeness (QED) is 0.682. The average molecular weight is 469 g/mol. The molecule has 182 valence electrons. The Labute approximate surface area is 199 Å². The molecule has 0 saturated carbocycles. The molecule has 0 aliphatic carbocycles. The van der Waals surface area contributed by atoms with Crippen LogP contribution in [0.15, 0.2) is 30.6 Å². The third kappa shape index (κ3) is 4.54. The van der Waals surface area contributed by atoms with Crippen molar-refractivity contribution in [2.24, 2.45) is 0 Å². The first-order valence-electron chi connectivity index (χ1n) is 12.1. The summed E-state index contributed by atoms with van der Waals surface area (Å²) < 4.78 is 18.7. The lowest BCUT2D eigenvalue weighted by Gasteiger charge is -2.41. The highest BCUT2D eigenvalue weighted by Gasteiger charge is 2.35. The van der Waals surface area contributed by atoms with Gasteiger partial charge in [0.1, 0.15) is 6.10 Å². The molecule has 9 heteroatoms. The summed E-state index contributed by atoms with van der Waals surface area (Å²) in [5, 5.41) is 4.59. The molecule has 4 heterocycles. The third-order valence-electron chi connectivity index (χ3n) is 6.91.